The summed E-state index contributed by atoms with van der Waals surface area (Å²) in [6, 6.07) is 10.7. The molecular weight excluding hydrogens is 318 g/mol. The van der Waals surface area contributed by atoms with Crippen molar-refractivity contribution < 1.29 is 4.42 Å². The molecule has 0 radical (unpaired) electrons. The maximum absolute atomic E-state index is 6.33. The van der Waals surface area contributed by atoms with E-state index in [1.165, 1.54) is 5.39 Å². The summed E-state index contributed by atoms with van der Waals surface area (Å²) in [7, 11) is 0. The van der Waals surface area contributed by atoms with Gasteiger partial charge in [-0.1, -0.05) is 45.9 Å². The molecule has 1 unspecified atom stereocenters. The molecule has 2 aromatic rings. The Morgan fingerprint density at radius 2 is 1.58 bits per heavy atom. The number of para-hydroxylation sites is 1. The van der Waals surface area contributed by atoms with E-state index in [0.717, 1.165) is 30.6 Å². The predicted molar refractivity (Wildman–Crippen MR) is 112 cm³/mol. The summed E-state index contributed by atoms with van der Waals surface area (Å²) in [4.78, 5) is 0. The van der Waals surface area contributed by atoms with Crippen molar-refractivity contribution in [1.82, 2.24) is 5.32 Å². The average Bonchev–Trinajstić information content (AvgIpc) is 2.86. The van der Waals surface area contributed by atoms with Gasteiger partial charge in [0.25, 0.3) is 0 Å². The predicted octanol–water partition coefficient (Wildman–Crippen LogP) is 6.90. The molecule has 26 heavy (non-hydrogen) atoms. The average molecular weight is 356 g/mol. The minimum atomic E-state index is 0.0428. The smallest absolute Gasteiger partial charge is 0.134 e. The molecule has 2 nitrogen and oxygen atoms in total. The molecule has 0 bridgehead atoms. The van der Waals surface area contributed by atoms with Gasteiger partial charge in [-0.3, -0.25) is 0 Å². The molecular formula is C24H37NO. The van der Waals surface area contributed by atoms with Crippen LogP contribution in [0.4, 0.5) is 0 Å². The number of hydrogen-bond acceptors (Lipinski definition) is 2. The van der Waals surface area contributed by atoms with Crippen molar-refractivity contribution in [3.63, 3.8) is 0 Å². The van der Waals surface area contributed by atoms with Crippen LogP contribution in [0.1, 0.15) is 86.3 Å². The van der Waals surface area contributed by atoms with Gasteiger partial charge in [-0.25, -0.2) is 0 Å². The number of nitrogens with one attached hydrogen (secondary N) is 1. The number of rotatable bonds is 1. The second-order valence-electron chi connectivity index (χ2n) is 11.2. The highest BCUT2D eigenvalue weighted by Gasteiger charge is 2.46. The first-order valence-corrected chi connectivity index (χ1v) is 10.1. The Labute approximate surface area is 159 Å². The van der Waals surface area contributed by atoms with Crippen LogP contribution in [0.15, 0.2) is 34.7 Å². The van der Waals surface area contributed by atoms with Crippen molar-refractivity contribution in [3.8, 4) is 0 Å². The number of hydrogen-bond donors (Lipinski definition) is 1. The highest BCUT2D eigenvalue weighted by Crippen LogP contribution is 2.49. The molecule has 1 aliphatic rings. The lowest BCUT2D eigenvalue weighted by Crippen LogP contribution is -2.59. The van der Waals surface area contributed by atoms with E-state index in [9.17, 15) is 0 Å². The van der Waals surface area contributed by atoms with E-state index in [1.807, 2.05) is 0 Å². The zero-order valence-corrected chi connectivity index (χ0v) is 18.0. The first-order chi connectivity index (χ1) is 11.8. The molecule has 1 saturated heterocycles. The Balaban J connectivity index is 2.05. The molecule has 1 fully saturated rings. The molecule has 0 spiro atoms. The molecule has 0 saturated carbocycles. The van der Waals surface area contributed by atoms with Crippen molar-refractivity contribution in [2.24, 2.45) is 10.8 Å². The number of furan rings is 1. The van der Waals surface area contributed by atoms with Crippen LogP contribution in [0, 0.1) is 10.8 Å². The fourth-order valence-electron chi connectivity index (χ4n) is 5.34. The molecule has 1 aromatic heterocycles. The molecule has 1 aliphatic heterocycles. The van der Waals surface area contributed by atoms with Gasteiger partial charge in [0.05, 0.1) is 0 Å². The molecule has 1 aromatic carbocycles. The second kappa shape index (κ2) is 6.12. The van der Waals surface area contributed by atoms with Crippen LogP contribution in [-0.2, 0) is 0 Å². The Bertz CT molecular complexity index is 745. The number of fused-ring (bicyclic) bond motifs is 1. The van der Waals surface area contributed by atoms with Gasteiger partial charge in [-0.2, -0.15) is 0 Å². The van der Waals surface area contributed by atoms with Crippen LogP contribution in [0.3, 0.4) is 0 Å². The van der Waals surface area contributed by atoms with E-state index in [1.54, 1.807) is 0 Å². The molecule has 0 aliphatic carbocycles. The van der Waals surface area contributed by atoms with E-state index in [-0.39, 0.29) is 21.9 Å². The summed E-state index contributed by atoms with van der Waals surface area (Å²) in [5.41, 5.74) is 1.55. The maximum Gasteiger partial charge on any atom is 0.134 e. The fourth-order valence-corrected chi connectivity index (χ4v) is 5.34. The van der Waals surface area contributed by atoms with Crippen LogP contribution in [-0.4, -0.2) is 11.1 Å². The first-order valence-electron chi connectivity index (χ1n) is 10.1. The zero-order valence-electron chi connectivity index (χ0n) is 18.0. The Kier molecular flexibility index (Phi) is 4.59. The monoisotopic (exact) mass is 355 g/mol. The molecule has 144 valence electrons. The molecule has 2 heterocycles. The summed E-state index contributed by atoms with van der Waals surface area (Å²) in [6.45, 7) is 19.1. The summed E-state index contributed by atoms with van der Waals surface area (Å²) in [6.07, 6.45) is 3.42. The third kappa shape index (κ3) is 3.86. The van der Waals surface area contributed by atoms with Crippen molar-refractivity contribution in [2.75, 3.05) is 0 Å². The highest BCUT2D eigenvalue weighted by molar-refractivity contribution is 5.77. The largest absolute Gasteiger partial charge is 0.461 e. The lowest BCUT2D eigenvalue weighted by molar-refractivity contribution is 0.0973. The Morgan fingerprint density at radius 3 is 2.23 bits per heavy atom. The third-order valence-electron chi connectivity index (χ3n) is 6.67. The summed E-state index contributed by atoms with van der Waals surface area (Å²) < 4.78 is 6.33. The van der Waals surface area contributed by atoms with Crippen LogP contribution in [0.2, 0.25) is 0 Å². The Hall–Kier alpha value is -1.28. The molecule has 3 rings (SSSR count). The summed E-state index contributed by atoms with van der Waals surface area (Å²) in [5.74, 6) is 1.59. The van der Waals surface area contributed by atoms with Gasteiger partial charge >= 0.3 is 0 Å². The van der Waals surface area contributed by atoms with Gasteiger partial charge in [0.15, 0.2) is 0 Å². The van der Waals surface area contributed by atoms with Crippen LogP contribution < -0.4 is 5.32 Å². The summed E-state index contributed by atoms with van der Waals surface area (Å²) >= 11 is 0. The lowest BCUT2D eigenvalue weighted by Gasteiger charge is -2.48. The minimum Gasteiger partial charge on any atom is -0.461 e. The maximum atomic E-state index is 6.33. The van der Waals surface area contributed by atoms with E-state index < -0.39 is 0 Å². The van der Waals surface area contributed by atoms with E-state index in [0.29, 0.717) is 5.92 Å². The van der Waals surface area contributed by atoms with Crippen LogP contribution in [0.5, 0.6) is 0 Å². The van der Waals surface area contributed by atoms with Crippen molar-refractivity contribution in [1.29, 1.82) is 0 Å². The quantitative estimate of drug-likeness (QED) is 0.602. The fraction of sp³-hybridized carbons (Fsp3) is 0.667. The molecule has 1 N–H and O–H groups in total. The number of benzene rings is 1. The van der Waals surface area contributed by atoms with E-state index in [4.69, 9.17) is 4.42 Å². The molecule has 1 atom stereocenters. The van der Waals surface area contributed by atoms with Crippen molar-refractivity contribution in [2.45, 2.75) is 91.6 Å². The van der Waals surface area contributed by atoms with E-state index in [2.05, 4.69) is 91.0 Å². The lowest BCUT2D eigenvalue weighted by atomic mass is 9.67. The minimum absolute atomic E-state index is 0.0428. The topological polar surface area (TPSA) is 25.2 Å². The van der Waals surface area contributed by atoms with Gasteiger partial charge in [0, 0.05) is 22.4 Å². The van der Waals surface area contributed by atoms with Crippen LogP contribution >= 0.6 is 0 Å². The van der Waals surface area contributed by atoms with Gasteiger partial charge in [-0.05, 0) is 69.9 Å². The molecule has 2 heteroatoms. The summed E-state index contributed by atoms with van der Waals surface area (Å²) in [5, 5.41) is 5.21. The van der Waals surface area contributed by atoms with Crippen molar-refractivity contribution >= 4 is 11.0 Å². The van der Waals surface area contributed by atoms with Gasteiger partial charge in [-0.15, -0.1) is 0 Å². The van der Waals surface area contributed by atoms with Gasteiger partial charge < -0.3 is 9.73 Å². The highest BCUT2D eigenvalue weighted by atomic mass is 16.3. The van der Waals surface area contributed by atoms with Gasteiger partial charge in [0.2, 0.25) is 0 Å². The second-order valence-corrected chi connectivity index (χ2v) is 11.2. The van der Waals surface area contributed by atoms with Gasteiger partial charge in [0.1, 0.15) is 11.3 Å². The van der Waals surface area contributed by atoms with Crippen molar-refractivity contribution in [3.05, 3.63) is 36.1 Å². The Morgan fingerprint density at radius 1 is 0.923 bits per heavy atom. The third-order valence-corrected chi connectivity index (χ3v) is 6.67. The van der Waals surface area contributed by atoms with Crippen LogP contribution in [0.25, 0.3) is 11.0 Å². The zero-order chi connectivity index (χ0) is 19.4. The SMILES string of the molecule is CC1(C)CC(c2cc3ccccc3o2)CC(C)(C)C(C)(C)NC(C)(C)C1. The normalized spacial score (nSPS) is 27.5. The standard InChI is InChI=1S/C24H37NO/c1-21(2)14-18(20-13-17-11-9-10-12-19(17)26-20)15-22(3,4)24(7,8)25-23(5,6)16-21/h9-13,18,25H,14-16H2,1-8H3. The first kappa shape index (κ1) is 19.5. The molecule has 0 amide bonds. The van der Waals surface area contributed by atoms with E-state index >= 15 is 0 Å².